The van der Waals surface area contributed by atoms with Crippen molar-refractivity contribution in [3.8, 4) is 0 Å². The van der Waals surface area contributed by atoms with Crippen LogP contribution in [0.25, 0.3) is 0 Å². The minimum atomic E-state index is -0.752. The lowest BCUT2D eigenvalue weighted by Crippen LogP contribution is -2.26. The summed E-state index contributed by atoms with van der Waals surface area (Å²) in [5.41, 5.74) is 4.60. The van der Waals surface area contributed by atoms with Gasteiger partial charge in [0.05, 0.1) is 5.69 Å². The number of hydrogen-bond acceptors (Lipinski definition) is 4. The zero-order valence-electron chi connectivity index (χ0n) is 16.0. The molecule has 4 rings (SSSR count). The molecule has 1 aliphatic rings. The summed E-state index contributed by atoms with van der Waals surface area (Å²) >= 11 is 0. The largest absolute Gasteiger partial charge is 0.437 e. The third-order valence-corrected chi connectivity index (χ3v) is 4.75. The number of hydrogen-bond donors (Lipinski definition) is 1. The Kier molecular flexibility index (Phi) is 4.83. The number of benzene rings is 3. The van der Waals surface area contributed by atoms with E-state index < -0.39 is 6.09 Å². The number of nitrogens with zero attached hydrogens (tertiary/aromatic N) is 2. The monoisotopic (exact) mass is 385 g/mol. The lowest BCUT2D eigenvalue weighted by Gasteiger charge is -2.16. The predicted molar refractivity (Wildman–Crippen MR) is 113 cm³/mol. The highest BCUT2D eigenvalue weighted by molar-refractivity contribution is 6.55. The molecule has 0 radical (unpaired) electrons. The van der Waals surface area contributed by atoms with Crippen molar-refractivity contribution in [2.75, 3.05) is 10.2 Å². The second kappa shape index (κ2) is 7.59. The van der Waals surface area contributed by atoms with Gasteiger partial charge in [-0.25, -0.2) is 4.79 Å². The molecule has 1 aliphatic heterocycles. The number of anilines is 3. The maximum Gasteiger partial charge on any atom is 0.437 e. The van der Waals surface area contributed by atoms with Crippen molar-refractivity contribution in [3.63, 3.8) is 0 Å². The zero-order chi connectivity index (χ0) is 20.4. The van der Waals surface area contributed by atoms with Gasteiger partial charge in [-0.3, -0.25) is 19.8 Å². The molecule has 6 heteroatoms. The van der Waals surface area contributed by atoms with E-state index in [-0.39, 0.29) is 11.6 Å². The molecule has 3 aromatic rings. The first kappa shape index (κ1) is 18.4. The predicted octanol–water partition coefficient (Wildman–Crippen LogP) is 4.93. The maximum atomic E-state index is 13.0. The van der Waals surface area contributed by atoms with Gasteiger partial charge in [-0.05, 0) is 43.2 Å². The van der Waals surface area contributed by atoms with E-state index in [1.807, 2.05) is 80.6 Å². The summed E-state index contributed by atoms with van der Waals surface area (Å²) in [5.74, 6) is -0.350. The molecule has 0 unspecified atom stereocenters. The Balaban J connectivity index is 1.61. The van der Waals surface area contributed by atoms with Gasteiger partial charge in [0.25, 0.3) is 5.91 Å². The first-order valence-corrected chi connectivity index (χ1v) is 9.17. The summed E-state index contributed by atoms with van der Waals surface area (Å²) in [6.45, 7) is 3.78. The lowest BCUT2D eigenvalue weighted by molar-refractivity contribution is -0.111. The molecule has 29 heavy (non-hydrogen) atoms. The van der Waals surface area contributed by atoms with E-state index >= 15 is 0 Å². The Bertz CT molecular complexity index is 1100. The number of nitrogens with one attached hydrogen (secondary N) is 1. The van der Waals surface area contributed by atoms with Crippen LogP contribution in [-0.4, -0.2) is 17.7 Å². The Labute approximate surface area is 168 Å². The molecule has 1 N–H and O–H groups in total. The SMILES string of the molecule is Cc1cccc(C)c1NC(=O)O/N=C1\C(=O)N(c2ccccc2)c2ccccc21. The van der Waals surface area contributed by atoms with Crippen molar-refractivity contribution in [2.45, 2.75) is 13.8 Å². The van der Waals surface area contributed by atoms with Crippen molar-refractivity contribution in [1.29, 1.82) is 0 Å². The molecule has 0 fully saturated rings. The van der Waals surface area contributed by atoms with Crippen molar-refractivity contribution in [1.82, 2.24) is 0 Å². The fourth-order valence-electron chi connectivity index (χ4n) is 3.34. The summed E-state index contributed by atoms with van der Waals surface area (Å²) in [6, 6.07) is 22.2. The average molecular weight is 385 g/mol. The Morgan fingerprint density at radius 3 is 2.28 bits per heavy atom. The molecule has 0 saturated heterocycles. The summed E-state index contributed by atoms with van der Waals surface area (Å²) in [6.07, 6.45) is -0.752. The van der Waals surface area contributed by atoms with Crippen molar-refractivity contribution < 1.29 is 14.4 Å². The second-order valence-electron chi connectivity index (χ2n) is 6.70. The van der Waals surface area contributed by atoms with Crippen LogP contribution >= 0.6 is 0 Å². The molecule has 0 spiro atoms. The molecular formula is C23H19N3O3. The van der Waals surface area contributed by atoms with E-state index in [9.17, 15) is 9.59 Å². The third kappa shape index (κ3) is 3.48. The zero-order valence-corrected chi connectivity index (χ0v) is 16.0. The number of carbonyl (C=O) groups is 2. The third-order valence-electron chi connectivity index (χ3n) is 4.75. The molecule has 2 amide bonds. The van der Waals surface area contributed by atoms with E-state index in [1.165, 1.54) is 0 Å². The van der Waals surface area contributed by atoms with Gasteiger partial charge in [-0.15, -0.1) is 0 Å². The second-order valence-corrected chi connectivity index (χ2v) is 6.70. The van der Waals surface area contributed by atoms with Crippen LogP contribution in [0.3, 0.4) is 0 Å². The fraction of sp³-hybridized carbons (Fsp3) is 0.0870. The van der Waals surface area contributed by atoms with E-state index in [2.05, 4.69) is 10.5 Å². The summed E-state index contributed by atoms with van der Waals surface area (Å²) in [5, 5.41) is 6.58. The Morgan fingerprint density at radius 2 is 1.55 bits per heavy atom. The summed E-state index contributed by atoms with van der Waals surface area (Å²) < 4.78 is 0. The molecule has 0 saturated carbocycles. The highest BCUT2D eigenvalue weighted by Crippen LogP contribution is 2.35. The first-order valence-electron chi connectivity index (χ1n) is 9.17. The van der Waals surface area contributed by atoms with Crippen LogP contribution in [0.2, 0.25) is 0 Å². The number of fused-ring (bicyclic) bond motifs is 1. The normalized spacial score (nSPS) is 14.1. The molecule has 0 aromatic heterocycles. The van der Waals surface area contributed by atoms with E-state index in [1.54, 1.807) is 11.0 Å². The smallest absolute Gasteiger partial charge is 0.297 e. The first-order chi connectivity index (χ1) is 14.1. The standard InChI is InChI=1S/C23H19N3O3/c1-15-9-8-10-16(2)20(15)24-23(28)29-25-21-18-13-6-7-14-19(18)26(22(21)27)17-11-4-3-5-12-17/h3-14H,1-2H3,(H,24,28)/b25-21-. The molecule has 6 nitrogen and oxygen atoms in total. The number of oxime groups is 1. The van der Waals surface area contributed by atoms with Crippen LogP contribution < -0.4 is 10.2 Å². The quantitative estimate of drug-likeness (QED) is 0.513. The number of para-hydroxylation sites is 3. The lowest BCUT2D eigenvalue weighted by atomic mass is 10.1. The molecule has 0 aliphatic carbocycles. The topological polar surface area (TPSA) is 71.0 Å². The molecule has 144 valence electrons. The molecule has 0 bridgehead atoms. The van der Waals surface area contributed by atoms with Crippen molar-refractivity contribution in [2.24, 2.45) is 5.16 Å². The summed E-state index contributed by atoms with van der Waals surface area (Å²) in [7, 11) is 0. The van der Waals surface area contributed by atoms with Crippen LogP contribution in [0.15, 0.2) is 78.0 Å². The van der Waals surface area contributed by atoms with Crippen LogP contribution in [0.4, 0.5) is 21.9 Å². The highest BCUT2D eigenvalue weighted by Gasteiger charge is 2.35. The minimum Gasteiger partial charge on any atom is -0.297 e. The molecule has 3 aromatic carbocycles. The van der Waals surface area contributed by atoms with E-state index in [0.29, 0.717) is 16.9 Å². The number of aryl methyl sites for hydroxylation is 2. The maximum absolute atomic E-state index is 13.0. The van der Waals surface area contributed by atoms with Crippen LogP contribution in [-0.2, 0) is 9.63 Å². The van der Waals surface area contributed by atoms with Crippen molar-refractivity contribution >= 4 is 34.8 Å². The van der Waals surface area contributed by atoms with Crippen LogP contribution in [0.5, 0.6) is 0 Å². The van der Waals surface area contributed by atoms with E-state index in [0.717, 1.165) is 16.8 Å². The van der Waals surface area contributed by atoms with E-state index in [4.69, 9.17) is 4.84 Å². The van der Waals surface area contributed by atoms with Gasteiger partial charge in [0.2, 0.25) is 0 Å². The van der Waals surface area contributed by atoms with Crippen LogP contribution in [0, 0.1) is 13.8 Å². The van der Waals surface area contributed by atoms with Gasteiger partial charge in [-0.2, -0.15) is 0 Å². The van der Waals surface area contributed by atoms with Gasteiger partial charge in [0.15, 0.2) is 5.71 Å². The van der Waals surface area contributed by atoms with Gasteiger partial charge in [-0.1, -0.05) is 59.8 Å². The Morgan fingerprint density at radius 1 is 0.897 bits per heavy atom. The Hall–Kier alpha value is -3.93. The van der Waals surface area contributed by atoms with Gasteiger partial charge >= 0.3 is 6.09 Å². The number of amides is 2. The minimum absolute atomic E-state index is 0.0844. The van der Waals surface area contributed by atoms with Gasteiger partial charge in [0.1, 0.15) is 0 Å². The molecule has 0 atom stereocenters. The number of carbonyl (C=O) groups excluding carboxylic acids is 2. The fourth-order valence-corrected chi connectivity index (χ4v) is 3.34. The summed E-state index contributed by atoms with van der Waals surface area (Å²) in [4.78, 5) is 31.9. The molecular weight excluding hydrogens is 366 g/mol. The molecule has 1 heterocycles. The van der Waals surface area contributed by atoms with Crippen molar-refractivity contribution in [3.05, 3.63) is 89.5 Å². The highest BCUT2D eigenvalue weighted by atomic mass is 16.7. The number of rotatable bonds is 3. The average Bonchev–Trinajstić information content (AvgIpc) is 3.01. The van der Waals surface area contributed by atoms with Crippen LogP contribution in [0.1, 0.15) is 16.7 Å². The van der Waals surface area contributed by atoms with Gasteiger partial charge < -0.3 is 0 Å². The van der Waals surface area contributed by atoms with Gasteiger partial charge in [0, 0.05) is 16.9 Å².